The van der Waals surface area contributed by atoms with Crippen molar-refractivity contribution >= 4 is 11.8 Å². The van der Waals surface area contributed by atoms with Crippen LogP contribution < -0.4 is 5.32 Å². The third-order valence-electron chi connectivity index (χ3n) is 7.78. The van der Waals surface area contributed by atoms with Gasteiger partial charge in [0, 0.05) is 38.5 Å². The highest BCUT2D eigenvalue weighted by Gasteiger charge is 2.37. The molecule has 2 saturated heterocycles. The number of halogens is 1. The molecule has 1 aromatic carbocycles. The molecule has 5 rings (SSSR count). The summed E-state index contributed by atoms with van der Waals surface area (Å²) in [5, 5.41) is 13.5. The number of aryl methyl sites for hydroxylation is 2. The first-order valence-electron chi connectivity index (χ1n) is 13.8. The van der Waals surface area contributed by atoms with Crippen LogP contribution in [0.4, 0.5) is 10.2 Å². The zero-order chi connectivity index (χ0) is 25.6. The third kappa shape index (κ3) is 6.48. The van der Waals surface area contributed by atoms with Crippen LogP contribution in [0.15, 0.2) is 30.3 Å². The van der Waals surface area contributed by atoms with Crippen molar-refractivity contribution < 1.29 is 23.8 Å². The lowest BCUT2D eigenvalue weighted by atomic mass is 9.94. The fourth-order valence-electron chi connectivity index (χ4n) is 5.85. The summed E-state index contributed by atoms with van der Waals surface area (Å²) in [4.78, 5) is 19.0. The van der Waals surface area contributed by atoms with Gasteiger partial charge in [-0.2, -0.15) is 0 Å². The molecule has 200 valence electrons. The van der Waals surface area contributed by atoms with Crippen LogP contribution in [0.25, 0.3) is 0 Å². The predicted molar refractivity (Wildman–Crippen MR) is 139 cm³/mol. The number of nitrogens with zero attached hydrogens (tertiary/aromatic N) is 2. The lowest BCUT2D eigenvalue weighted by Crippen LogP contribution is -2.34. The Balaban J connectivity index is 1.08. The van der Waals surface area contributed by atoms with Crippen molar-refractivity contribution in [1.82, 2.24) is 9.88 Å². The second-order valence-corrected chi connectivity index (χ2v) is 10.4. The smallest absolute Gasteiger partial charge is 0.325 e. The molecule has 7 nitrogen and oxygen atoms in total. The number of hydrogen-bond donors (Lipinski definition) is 2. The van der Waals surface area contributed by atoms with Crippen molar-refractivity contribution in [2.75, 3.05) is 38.2 Å². The Morgan fingerprint density at radius 2 is 2.14 bits per heavy atom. The summed E-state index contributed by atoms with van der Waals surface area (Å²) in [6.07, 6.45) is 8.71. The van der Waals surface area contributed by atoms with Gasteiger partial charge < -0.3 is 19.9 Å². The number of aliphatic carboxylic acids is 1. The second kappa shape index (κ2) is 12.3. The number of anilines is 1. The van der Waals surface area contributed by atoms with E-state index in [9.17, 15) is 14.3 Å². The minimum absolute atomic E-state index is 0.00465. The number of hydrogen-bond acceptors (Lipinski definition) is 6. The number of ether oxygens (including phenoxy) is 2. The summed E-state index contributed by atoms with van der Waals surface area (Å²) < 4.78 is 26.1. The van der Waals surface area contributed by atoms with Gasteiger partial charge in [0.05, 0.1) is 12.2 Å². The average molecular weight is 512 g/mol. The molecule has 0 saturated carbocycles. The molecule has 0 amide bonds. The molecule has 1 aromatic heterocycles. The molecule has 3 aliphatic heterocycles. The number of carbonyl (C=O) groups is 1. The van der Waals surface area contributed by atoms with Gasteiger partial charge in [-0.05, 0) is 86.3 Å². The lowest BCUT2D eigenvalue weighted by Gasteiger charge is -2.28. The van der Waals surface area contributed by atoms with E-state index in [0.717, 1.165) is 75.0 Å². The van der Waals surface area contributed by atoms with E-state index < -0.39 is 17.8 Å². The quantitative estimate of drug-likeness (QED) is 0.408. The first-order valence-corrected chi connectivity index (χ1v) is 13.8. The van der Waals surface area contributed by atoms with Gasteiger partial charge in [-0.3, -0.25) is 9.69 Å². The maximum absolute atomic E-state index is 14.2. The lowest BCUT2D eigenvalue weighted by molar-refractivity contribution is -0.143. The average Bonchev–Trinajstić information content (AvgIpc) is 3.59. The van der Waals surface area contributed by atoms with Gasteiger partial charge in [-0.25, -0.2) is 9.37 Å². The largest absolute Gasteiger partial charge is 0.480 e. The summed E-state index contributed by atoms with van der Waals surface area (Å²) in [6.45, 7) is 3.47. The molecule has 3 atom stereocenters. The maximum atomic E-state index is 14.2. The second-order valence-electron chi connectivity index (χ2n) is 10.4. The van der Waals surface area contributed by atoms with Gasteiger partial charge in [0.2, 0.25) is 0 Å². The molecule has 4 heterocycles. The number of benzene rings is 1. The van der Waals surface area contributed by atoms with E-state index in [0.29, 0.717) is 31.9 Å². The van der Waals surface area contributed by atoms with E-state index in [1.807, 2.05) is 4.90 Å². The van der Waals surface area contributed by atoms with Gasteiger partial charge in [0.25, 0.3) is 0 Å². The topological polar surface area (TPSA) is 83.9 Å². The molecule has 3 aliphatic rings. The number of carboxylic acid groups (broad SMARTS) is 1. The highest BCUT2D eigenvalue weighted by molar-refractivity contribution is 5.76. The Hall–Kier alpha value is -2.55. The summed E-state index contributed by atoms with van der Waals surface area (Å²) in [5.41, 5.74) is 3.76. The van der Waals surface area contributed by atoms with Crippen molar-refractivity contribution in [2.24, 2.45) is 0 Å². The maximum Gasteiger partial charge on any atom is 0.325 e. The molecule has 0 radical (unpaired) electrons. The minimum atomic E-state index is -0.962. The van der Waals surface area contributed by atoms with Gasteiger partial charge >= 0.3 is 5.97 Å². The first-order chi connectivity index (χ1) is 18.1. The molecule has 2 aromatic rings. The summed E-state index contributed by atoms with van der Waals surface area (Å²) >= 11 is 0. The van der Waals surface area contributed by atoms with Crippen LogP contribution in [0.2, 0.25) is 0 Å². The summed E-state index contributed by atoms with van der Waals surface area (Å²) in [7, 11) is 0. The number of aromatic nitrogens is 1. The fourth-order valence-corrected chi connectivity index (χ4v) is 5.85. The minimum Gasteiger partial charge on any atom is -0.480 e. The zero-order valence-corrected chi connectivity index (χ0v) is 21.5. The van der Waals surface area contributed by atoms with Crippen LogP contribution in [0.5, 0.6) is 0 Å². The first kappa shape index (κ1) is 26.1. The summed E-state index contributed by atoms with van der Waals surface area (Å²) in [5.74, 6) is -0.327. The van der Waals surface area contributed by atoms with E-state index in [-0.39, 0.29) is 12.2 Å². The van der Waals surface area contributed by atoms with Crippen LogP contribution in [0, 0.1) is 5.82 Å². The van der Waals surface area contributed by atoms with Crippen molar-refractivity contribution in [1.29, 1.82) is 0 Å². The molecule has 2 unspecified atom stereocenters. The standard InChI is InChI=1S/C29H38FN3O4/c30-21-10-12-24(26-8-5-17-37-26)25(18-21)27(29(34)35)33-15-13-23(19-33)36-16-3-1-2-7-22-11-9-20-6-4-14-31-28(20)32-22/h9-12,18,23,26-27H,1-8,13-17,19H2,(H,31,32)(H,34,35)/t23-,26?,27?/m1/s1. The molecular formula is C29H38FN3O4. The summed E-state index contributed by atoms with van der Waals surface area (Å²) in [6, 6.07) is 7.91. The molecule has 8 heteroatoms. The van der Waals surface area contributed by atoms with Crippen LogP contribution in [-0.4, -0.2) is 59.9 Å². The van der Waals surface area contributed by atoms with Crippen molar-refractivity contribution in [2.45, 2.75) is 76.0 Å². The van der Waals surface area contributed by atoms with Crippen molar-refractivity contribution in [3.63, 3.8) is 0 Å². The molecular weight excluding hydrogens is 473 g/mol. The Labute approximate surface area is 218 Å². The molecule has 2 fully saturated rings. The SMILES string of the molecule is O=C(O)C(c1cc(F)ccc1C1CCCO1)N1CC[C@@H](OCCCCCc2ccc3c(n2)NCCC3)C1. The third-order valence-corrected chi connectivity index (χ3v) is 7.78. The Morgan fingerprint density at radius 1 is 1.22 bits per heavy atom. The van der Waals surface area contributed by atoms with Gasteiger partial charge in [-0.15, -0.1) is 0 Å². The monoisotopic (exact) mass is 511 g/mol. The van der Waals surface area contributed by atoms with Crippen LogP contribution in [0.3, 0.4) is 0 Å². The Bertz CT molecular complexity index is 1080. The highest BCUT2D eigenvalue weighted by atomic mass is 19.1. The molecule has 37 heavy (non-hydrogen) atoms. The van der Waals surface area contributed by atoms with Crippen molar-refractivity contribution in [3.8, 4) is 0 Å². The number of fused-ring (bicyclic) bond motifs is 1. The predicted octanol–water partition coefficient (Wildman–Crippen LogP) is 5.06. The Morgan fingerprint density at radius 3 is 2.97 bits per heavy atom. The number of nitrogens with one attached hydrogen (secondary N) is 1. The highest BCUT2D eigenvalue weighted by Crippen LogP contribution is 2.37. The van der Waals surface area contributed by atoms with Crippen LogP contribution in [0.1, 0.15) is 79.5 Å². The van der Waals surface area contributed by atoms with E-state index in [2.05, 4.69) is 17.4 Å². The van der Waals surface area contributed by atoms with Crippen LogP contribution >= 0.6 is 0 Å². The number of likely N-dealkylation sites (tertiary alicyclic amines) is 1. The normalized spacial score (nSPS) is 22.5. The van der Waals surface area contributed by atoms with E-state index in [4.69, 9.17) is 14.5 Å². The van der Waals surface area contributed by atoms with Crippen LogP contribution in [-0.2, 0) is 27.1 Å². The number of unbranched alkanes of at least 4 members (excludes halogenated alkanes) is 2. The molecule has 0 aliphatic carbocycles. The van der Waals surface area contributed by atoms with Gasteiger partial charge in [0.1, 0.15) is 17.7 Å². The number of carboxylic acids is 1. The molecule has 2 N–H and O–H groups in total. The van der Waals surface area contributed by atoms with E-state index in [1.165, 1.54) is 24.1 Å². The fraction of sp³-hybridized carbons (Fsp3) is 0.586. The Kier molecular flexibility index (Phi) is 8.69. The number of pyridine rings is 1. The number of rotatable bonds is 11. The van der Waals surface area contributed by atoms with E-state index in [1.54, 1.807) is 6.07 Å². The van der Waals surface area contributed by atoms with Crippen molar-refractivity contribution in [3.05, 3.63) is 58.5 Å². The molecule has 0 bridgehead atoms. The zero-order valence-electron chi connectivity index (χ0n) is 21.5. The van der Waals surface area contributed by atoms with E-state index >= 15 is 0 Å². The van der Waals surface area contributed by atoms with Gasteiger partial charge in [-0.1, -0.05) is 18.6 Å². The molecule has 0 spiro atoms. The van der Waals surface area contributed by atoms with Gasteiger partial charge in [0.15, 0.2) is 0 Å².